The molecular formula is C26H38N4O4. The van der Waals surface area contributed by atoms with E-state index in [1.807, 2.05) is 26.8 Å². The normalized spacial score (nSPS) is 22.0. The fraction of sp³-hybridized carbons (Fsp3) is 0.615. The van der Waals surface area contributed by atoms with Gasteiger partial charge in [-0.25, -0.2) is 4.79 Å². The van der Waals surface area contributed by atoms with Gasteiger partial charge in [0.25, 0.3) is 5.91 Å². The first-order valence-electron chi connectivity index (χ1n) is 12.5. The van der Waals surface area contributed by atoms with Gasteiger partial charge in [0.15, 0.2) is 5.76 Å². The maximum absolute atomic E-state index is 12.0. The van der Waals surface area contributed by atoms with Gasteiger partial charge < -0.3 is 25.1 Å². The van der Waals surface area contributed by atoms with E-state index in [1.54, 1.807) is 6.07 Å². The minimum Gasteiger partial charge on any atom is -0.451 e. The first-order chi connectivity index (χ1) is 16.2. The van der Waals surface area contributed by atoms with E-state index >= 15 is 0 Å². The lowest BCUT2D eigenvalue weighted by Gasteiger charge is -2.37. The molecule has 2 heterocycles. The lowest BCUT2D eigenvalue weighted by Crippen LogP contribution is -2.47. The molecule has 1 saturated heterocycles. The van der Waals surface area contributed by atoms with Crippen LogP contribution in [0.1, 0.15) is 63.4 Å². The van der Waals surface area contributed by atoms with E-state index in [1.165, 1.54) is 19.3 Å². The van der Waals surface area contributed by atoms with E-state index in [2.05, 4.69) is 27.2 Å². The first-order valence-corrected chi connectivity index (χ1v) is 12.5. The maximum Gasteiger partial charge on any atom is 0.407 e. The van der Waals surface area contributed by atoms with Crippen LogP contribution in [0, 0.1) is 5.92 Å². The van der Waals surface area contributed by atoms with Gasteiger partial charge in [-0.3, -0.25) is 9.69 Å². The summed E-state index contributed by atoms with van der Waals surface area (Å²) in [6.45, 7) is 10.9. The average Bonchev–Trinajstić information content (AvgIpc) is 3.22. The van der Waals surface area contributed by atoms with E-state index in [4.69, 9.17) is 14.9 Å². The number of benzene rings is 1. The molecule has 0 atom stereocenters. The summed E-state index contributed by atoms with van der Waals surface area (Å²) in [5.74, 6) is 0.392. The van der Waals surface area contributed by atoms with Gasteiger partial charge in [0.05, 0.1) is 0 Å². The lowest BCUT2D eigenvalue weighted by molar-refractivity contribution is 0.0485. The summed E-state index contributed by atoms with van der Waals surface area (Å²) in [5, 5.41) is 3.94. The zero-order valence-corrected chi connectivity index (χ0v) is 20.6. The summed E-state index contributed by atoms with van der Waals surface area (Å²) < 4.78 is 10.9. The van der Waals surface area contributed by atoms with Gasteiger partial charge in [-0.1, -0.05) is 0 Å². The minimum absolute atomic E-state index is 0.201. The molecular weight excluding hydrogens is 432 g/mol. The molecule has 0 unspecified atom stereocenters. The third-order valence-electron chi connectivity index (χ3n) is 6.90. The van der Waals surface area contributed by atoms with Crippen molar-refractivity contribution in [1.82, 2.24) is 10.2 Å². The molecule has 1 aromatic heterocycles. The monoisotopic (exact) mass is 470 g/mol. The number of hydrogen-bond acceptors (Lipinski definition) is 6. The maximum atomic E-state index is 12.0. The third-order valence-corrected chi connectivity index (χ3v) is 6.90. The van der Waals surface area contributed by atoms with Crippen LogP contribution in [0.15, 0.2) is 28.7 Å². The summed E-state index contributed by atoms with van der Waals surface area (Å²) in [5.41, 5.74) is 6.72. The Bertz CT molecular complexity index is 996. The number of ether oxygens (including phenoxy) is 1. The molecule has 0 radical (unpaired) electrons. The van der Waals surface area contributed by atoms with Crippen LogP contribution in [0.2, 0.25) is 0 Å². The zero-order valence-electron chi connectivity index (χ0n) is 20.6. The molecule has 1 aliphatic carbocycles. The van der Waals surface area contributed by atoms with Gasteiger partial charge in [-0.05, 0) is 89.6 Å². The highest BCUT2D eigenvalue weighted by molar-refractivity contribution is 5.95. The van der Waals surface area contributed by atoms with Crippen molar-refractivity contribution in [2.75, 3.05) is 37.6 Å². The smallest absolute Gasteiger partial charge is 0.407 e. The van der Waals surface area contributed by atoms with Gasteiger partial charge in [-0.2, -0.15) is 0 Å². The highest BCUT2D eigenvalue weighted by atomic mass is 16.6. The molecule has 2 amide bonds. The number of nitrogens with zero attached hydrogens (tertiary/aromatic N) is 2. The second kappa shape index (κ2) is 10.3. The fourth-order valence-corrected chi connectivity index (χ4v) is 5.01. The van der Waals surface area contributed by atoms with Crippen molar-refractivity contribution in [2.24, 2.45) is 11.7 Å². The topological polar surface area (TPSA) is 101 Å². The number of anilines is 1. The molecule has 1 saturated carbocycles. The summed E-state index contributed by atoms with van der Waals surface area (Å²) >= 11 is 0. The molecule has 186 valence electrons. The van der Waals surface area contributed by atoms with Crippen molar-refractivity contribution < 1.29 is 18.7 Å². The Kier molecular flexibility index (Phi) is 7.36. The van der Waals surface area contributed by atoms with Crippen molar-refractivity contribution >= 4 is 28.7 Å². The van der Waals surface area contributed by atoms with Crippen LogP contribution in [-0.2, 0) is 4.74 Å². The fourth-order valence-electron chi connectivity index (χ4n) is 5.01. The van der Waals surface area contributed by atoms with Gasteiger partial charge in [-0.15, -0.1) is 0 Å². The molecule has 8 heteroatoms. The van der Waals surface area contributed by atoms with Crippen LogP contribution >= 0.6 is 0 Å². The minimum atomic E-state index is -0.542. The number of nitrogens with two attached hydrogens (primary N) is 1. The Morgan fingerprint density at radius 1 is 1.09 bits per heavy atom. The van der Waals surface area contributed by atoms with Crippen LogP contribution in [0.5, 0.6) is 0 Å². The first kappa shape index (κ1) is 24.4. The van der Waals surface area contributed by atoms with Gasteiger partial charge in [0, 0.05) is 43.3 Å². The van der Waals surface area contributed by atoms with Crippen LogP contribution in [0.25, 0.3) is 11.0 Å². The number of amides is 2. The van der Waals surface area contributed by atoms with E-state index in [0.717, 1.165) is 62.6 Å². The molecule has 34 heavy (non-hydrogen) atoms. The molecule has 0 bridgehead atoms. The Morgan fingerprint density at radius 2 is 1.79 bits per heavy atom. The number of rotatable bonds is 6. The molecule has 1 aromatic carbocycles. The van der Waals surface area contributed by atoms with Crippen LogP contribution in [-0.4, -0.2) is 61.3 Å². The van der Waals surface area contributed by atoms with Crippen molar-refractivity contribution in [2.45, 2.75) is 64.5 Å². The van der Waals surface area contributed by atoms with E-state index in [-0.39, 0.29) is 17.9 Å². The van der Waals surface area contributed by atoms with Crippen molar-refractivity contribution in [3.63, 3.8) is 0 Å². The van der Waals surface area contributed by atoms with Crippen LogP contribution in [0.4, 0.5) is 10.5 Å². The van der Waals surface area contributed by atoms with Gasteiger partial charge in [0.1, 0.15) is 11.2 Å². The highest BCUT2D eigenvalue weighted by Crippen LogP contribution is 2.29. The summed E-state index contributed by atoms with van der Waals surface area (Å²) in [6.07, 6.45) is 5.32. The Morgan fingerprint density at radius 3 is 2.44 bits per heavy atom. The lowest BCUT2D eigenvalue weighted by atomic mass is 9.84. The largest absolute Gasteiger partial charge is 0.451 e. The summed E-state index contributed by atoms with van der Waals surface area (Å²) in [6, 6.07) is 7.99. The molecule has 4 rings (SSSR count). The number of carbonyl (C=O) groups is 2. The van der Waals surface area contributed by atoms with Gasteiger partial charge in [0.2, 0.25) is 0 Å². The molecule has 0 spiro atoms. The Balaban J connectivity index is 1.17. The van der Waals surface area contributed by atoms with Crippen molar-refractivity contribution in [1.29, 1.82) is 0 Å². The van der Waals surface area contributed by atoms with E-state index < -0.39 is 11.5 Å². The number of alkyl carbamates (subject to hydrolysis) is 1. The number of fused-ring (bicyclic) bond motifs is 1. The van der Waals surface area contributed by atoms with Gasteiger partial charge >= 0.3 is 6.09 Å². The SMILES string of the molecule is CC(C)(C)OC(=O)NC1CCC(CCN2CCN(c3ccc4oc(C(N)=O)cc4c3)CC2)CC1. The molecule has 2 aliphatic rings. The molecule has 1 aliphatic heterocycles. The second-order valence-electron chi connectivity index (χ2n) is 10.7. The number of piperazine rings is 1. The second-order valence-corrected chi connectivity index (χ2v) is 10.7. The quantitative estimate of drug-likeness (QED) is 0.658. The Labute approximate surface area is 201 Å². The number of carbonyl (C=O) groups excluding carboxylic acids is 2. The molecule has 2 aromatic rings. The molecule has 8 nitrogen and oxygen atoms in total. The highest BCUT2D eigenvalue weighted by Gasteiger charge is 2.26. The zero-order chi connectivity index (χ0) is 24.3. The van der Waals surface area contributed by atoms with E-state index in [9.17, 15) is 9.59 Å². The summed E-state index contributed by atoms with van der Waals surface area (Å²) in [7, 11) is 0. The number of nitrogens with one attached hydrogen (secondary N) is 1. The predicted octanol–water partition coefficient (Wildman–Crippen LogP) is 4.13. The number of primary amides is 1. The Hall–Kier alpha value is -2.74. The molecule has 2 fully saturated rings. The van der Waals surface area contributed by atoms with Crippen molar-refractivity contribution in [3.8, 4) is 0 Å². The number of hydrogen-bond donors (Lipinski definition) is 2. The standard InChI is InChI=1S/C26H38N4O4/c1-26(2,3)34-25(32)28-20-6-4-18(5-7-20)10-11-29-12-14-30(15-13-29)21-8-9-22-19(16-21)17-23(33-22)24(27)31/h8-9,16-18,20H,4-7,10-15H2,1-3H3,(H2,27,31)(H,28,32). The average molecular weight is 471 g/mol. The van der Waals surface area contributed by atoms with E-state index in [0.29, 0.717) is 5.58 Å². The predicted molar refractivity (Wildman–Crippen MR) is 133 cm³/mol. The van der Waals surface area contributed by atoms with Crippen LogP contribution in [0.3, 0.4) is 0 Å². The third kappa shape index (κ3) is 6.44. The van der Waals surface area contributed by atoms with Crippen molar-refractivity contribution in [3.05, 3.63) is 30.0 Å². The summed E-state index contributed by atoms with van der Waals surface area (Å²) in [4.78, 5) is 28.3. The van der Waals surface area contributed by atoms with Crippen LogP contribution < -0.4 is 16.0 Å². The number of furan rings is 1. The molecule has 3 N–H and O–H groups in total.